The van der Waals surface area contributed by atoms with Crippen LogP contribution in [0.1, 0.15) is 11.5 Å². The molecule has 0 spiro atoms. The van der Waals surface area contributed by atoms with Gasteiger partial charge in [0.25, 0.3) is 0 Å². The minimum absolute atomic E-state index is 0.172. The number of nitrogens with two attached hydrogens (primary N) is 1. The van der Waals surface area contributed by atoms with Crippen LogP contribution in [0, 0.1) is 5.82 Å². The molecule has 168 valence electrons. The number of hydrogen-bond acceptors (Lipinski definition) is 5. The average Bonchev–Trinajstić information content (AvgIpc) is 3.11. The van der Waals surface area contributed by atoms with Crippen molar-refractivity contribution in [3.8, 4) is 5.75 Å². The second-order valence-electron chi connectivity index (χ2n) is 6.59. The SMILES string of the molecule is NC(=O)NOC1CN(S(=O)(=O)c2ccc(OC(F)(F)F)cc2)CC1c1ccccc1F. The molecule has 3 rings (SSSR count). The largest absolute Gasteiger partial charge is 0.573 e. The predicted octanol–water partition coefficient (Wildman–Crippen LogP) is 2.48. The second-order valence-corrected chi connectivity index (χ2v) is 8.53. The molecule has 0 saturated carbocycles. The minimum Gasteiger partial charge on any atom is -0.406 e. The summed E-state index contributed by atoms with van der Waals surface area (Å²) in [5.41, 5.74) is 7.07. The van der Waals surface area contributed by atoms with E-state index in [1.54, 1.807) is 6.07 Å². The van der Waals surface area contributed by atoms with E-state index in [1.807, 2.05) is 5.48 Å². The average molecular weight is 463 g/mol. The molecule has 0 aromatic heterocycles. The number of hydrogen-bond donors (Lipinski definition) is 2. The second kappa shape index (κ2) is 8.69. The van der Waals surface area contributed by atoms with Crippen LogP contribution in [0.5, 0.6) is 5.75 Å². The maximum atomic E-state index is 14.3. The quantitative estimate of drug-likeness (QED) is 0.505. The van der Waals surface area contributed by atoms with E-state index in [9.17, 15) is 30.8 Å². The first-order chi connectivity index (χ1) is 14.5. The van der Waals surface area contributed by atoms with Crippen LogP contribution in [0.4, 0.5) is 22.4 Å². The summed E-state index contributed by atoms with van der Waals surface area (Å²) in [5.74, 6) is -1.95. The molecule has 1 heterocycles. The fourth-order valence-electron chi connectivity index (χ4n) is 3.23. The molecule has 2 atom stereocenters. The molecule has 8 nitrogen and oxygen atoms in total. The van der Waals surface area contributed by atoms with Crippen LogP contribution in [-0.2, 0) is 14.9 Å². The zero-order valence-corrected chi connectivity index (χ0v) is 16.5. The molecule has 2 unspecified atom stereocenters. The lowest BCUT2D eigenvalue weighted by atomic mass is 9.96. The Balaban J connectivity index is 1.85. The van der Waals surface area contributed by atoms with Crippen molar-refractivity contribution in [2.24, 2.45) is 5.73 Å². The van der Waals surface area contributed by atoms with Gasteiger partial charge in [0.1, 0.15) is 17.7 Å². The summed E-state index contributed by atoms with van der Waals surface area (Å²) in [7, 11) is -4.17. The number of carbonyl (C=O) groups excluding carboxylic acids is 1. The van der Waals surface area contributed by atoms with Gasteiger partial charge in [-0.05, 0) is 35.9 Å². The van der Waals surface area contributed by atoms with Gasteiger partial charge >= 0.3 is 12.4 Å². The van der Waals surface area contributed by atoms with Gasteiger partial charge in [-0.1, -0.05) is 18.2 Å². The van der Waals surface area contributed by atoms with Crippen molar-refractivity contribution in [2.45, 2.75) is 23.3 Å². The van der Waals surface area contributed by atoms with Crippen molar-refractivity contribution in [3.63, 3.8) is 0 Å². The summed E-state index contributed by atoms with van der Waals surface area (Å²) < 4.78 is 81.9. The molecule has 13 heteroatoms. The topological polar surface area (TPSA) is 111 Å². The maximum absolute atomic E-state index is 14.3. The van der Waals surface area contributed by atoms with E-state index in [0.717, 1.165) is 28.6 Å². The zero-order valence-electron chi connectivity index (χ0n) is 15.7. The van der Waals surface area contributed by atoms with Crippen LogP contribution >= 0.6 is 0 Å². The first-order valence-corrected chi connectivity index (χ1v) is 10.2. The molecule has 2 amide bonds. The van der Waals surface area contributed by atoms with Crippen LogP contribution in [0.2, 0.25) is 0 Å². The van der Waals surface area contributed by atoms with Crippen LogP contribution in [0.3, 0.4) is 0 Å². The number of sulfonamides is 1. The van der Waals surface area contributed by atoms with Gasteiger partial charge in [0.15, 0.2) is 0 Å². The van der Waals surface area contributed by atoms with Gasteiger partial charge in [-0.25, -0.2) is 23.1 Å². The number of alkyl halides is 3. The van der Waals surface area contributed by atoms with Crippen LogP contribution in [0.15, 0.2) is 53.4 Å². The van der Waals surface area contributed by atoms with E-state index in [-0.39, 0.29) is 23.5 Å². The molecule has 1 fully saturated rings. The molecule has 0 radical (unpaired) electrons. The lowest BCUT2D eigenvalue weighted by Crippen LogP contribution is -2.37. The smallest absolute Gasteiger partial charge is 0.406 e. The Morgan fingerprint density at radius 1 is 1.10 bits per heavy atom. The first-order valence-electron chi connectivity index (χ1n) is 8.79. The highest BCUT2D eigenvalue weighted by Gasteiger charge is 2.42. The highest BCUT2D eigenvalue weighted by Crippen LogP contribution is 2.34. The Morgan fingerprint density at radius 3 is 2.32 bits per heavy atom. The Kier molecular flexibility index (Phi) is 6.38. The number of benzene rings is 2. The molecule has 1 saturated heterocycles. The van der Waals surface area contributed by atoms with Gasteiger partial charge in [-0.3, -0.25) is 4.84 Å². The van der Waals surface area contributed by atoms with E-state index in [2.05, 4.69) is 4.74 Å². The lowest BCUT2D eigenvalue weighted by Gasteiger charge is -2.18. The van der Waals surface area contributed by atoms with Gasteiger partial charge in [-0.2, -0.15) is 4.31 Å². The number of nitrogens with one attached hydrogen (secondary N) is 1. The standard InChI is InChI=1S/C18H17F4N3O5S/c19-15-4-2-1-3-13(15)14-9-25(10-16(14)30-24-17(23)26)31(27,28)12-7-5-11(6-8-12)29-18(20,21)22/h1-8,14,16H,9-10H2,(H3,23,24,26). The summed E-state index contributed by atoms with van der Waals surface area (Å²) in [6.07, 6.45) is -5.88. The van der Waals surface area contributed by atoms with E-state index in [0.29, 0.717) is 0 Å². The molecule has 0 aliphatic carbocycles. The third kappa shape index (κ3) is 5.42. The number of halogens is 4. The summed E-state index contributed by atoms with van der Waals surface area (Å²) >= 11 is 0. The van der Waals surface area contributed by atoms with Crippen LogP contribution < -0.4 is 16.0 Å². The fraction of sp³-hybridized carbons (Fsp3) is 0.278. The summed E-state index contributed by atoms with van der Waals surface area (Å²) in [6, 6.07) is 8.33. The normalized spacial score (nSPS) is 19.9. The first kappa shape index (κ1) is 22.8. The third-order valence-corrected chi connectivity index (χ3v) is 6.39. The monoisotopic (exact) mass is 463 g/mol. The minimum atomic E-state index is -4.92. The number of carbonyl (C=O) groups is 1. The van der Waals surface area contributed by atoms with Crippen molar-refractivity contribution in [1.29, 1.82) is 0 Å². The Morgan fingerprint density at radius 2 is 1.74 bits per heavy atom. The van der Waals surface area contributed by atoms with E-state index >= 15 is 0 Å². The predicted molar refractivity (Wildman–Crippen MR) is 98.6 cm³/mol. The Labute approximate surface area is 174 Å². The van der Waals surface area contributed by atoms with Gasteiger partial charge < -0.3 is 10.5 Å². The fourth-order valence-corrected chi connectivity index (χ4v) is 4.70. The Hall–Kier alpha value is -2.90. The maximum Gasteiger partial charge on any atom is 0.573 e. The number of urea groups is 1. The number of hydroxylamine groups is 1. The van der Waals surface area contributed by atoms with E-state index in [4.69, 9.17) is 10.6 Å². The molecule has 3 N–H and O–H groups in total. The molecule has 2 aromatic rings. The highest BCUT2D eigenvalue weighted by molar-refractivity contribution is 7.89. The van der Waals surface area contributed by atoms with Gasteiger partial charge in [0.2, 0.25) is 10.0 Å². The number of ether oxygens (including phenoxy) is 1. The highest BCUT2D eigenvalue weighted by atomic mass is 32.2. The number of primary amides is 1. The molecule has 31 heavy (non-hydrogen) atoms. The van der Waals surface area contributed by atoms with Crippen molar-refractivity contribution >= 4 is 16.1 Å². The number of amides is 2. The van der Waals surface area contributed by atoms with E-state index in [1.165, 1.54) is 18.2 Å². The molecule has 1 aliphatic rings. The molecule has 1 aliphatic heterocycles. The summed E-state index contributed by atoms with van der Waals surface area (Å²) in [4.78, 5) is 15.9. The molecule has 2 aromatic carbocycles. The molecular weight excluding hydrogens is 446 g/mol. The van der Waals surface area contributed by atoms with Crippen molar-refractivity contribution < 1.29 is 40.3 Å². The molecule has 0 bridgehead atoms. The van der Waals surface area contributed by atoms with Crippen molar-refractivity contribution in [2.75, 3.05) is 13.1 Å². The third-order valence-electron chi connectivity index (χ3n) is 4.54. The van der Waals surface area contributed by atoms with Gasteiger partial charge in [0.05, 0.1) is 4.90 Å². The molecular formula is C18H17F4N3O5S. The van der Waals surface area contributed by atoms with Crippen LogP contribution in [-0.4, -0.2) is 44.3 Å². The van der Waals surface area contributed by atoms with E-state index < -0.39 is 46.0 Å². The van der Waals surface area contributed by atoms with Gasteiger partial charge in [0, 0.05) is 19.0 Å². The van der Waals surface area contributed by atoms with Crippen molar-refractivity contribution in [3.05, 3.63) is 59.9 Å². The Bertz CT molecular complexity index is 1050. The number of nitrogens with zero attached hydrogens (tertiary/aromatic N) is 1. The number of rotatable bonds is 6. The van der Waals surface area contributed by atoms with Crippen LogP contribution in [0.25, 0.3) is 0 Å². The van der Waals surface area contributed by atoms with Crippen molar-refractivity contribution in [1.82, 2.24) is 9.79 Å². The zero-order chi connectivity index (χ0) is 22.8. The summed E-state index contributed by atoms with van der Waals surface area (Å²) in [5, 5.41) is 0. The summed E-state index contributed by atoms with van der Waals surface area (Å²) in [6.45, 7) is -0.461. The lowest BCUT2D eigenvalue weighted by molar-refractivity contribution is -0.274. The van der Waals surface area contributed by atoms with Gasteiger partial charge in [-0.15, -0.1) is 13.2 Å².